The van der Waals surface area contributed by atoms with Crippen LogP contribution in [0.15, 0.2) is 29.0 Å². The van der Waals surface area contributed by atoms with Gasteiger partial charge in [-0.3, -0.25) is 0 Å². The minimum absolute atomic E-state index is 0.645. The van der Waals surface area contributed by atoms with Crippen LogP contribution in [0.1, 0.15) is 12.7 Å². The van der Waals surface area contributed by atoms with Crippen molar-refractivity contribution in [2.75, 3.05) is 12.4 Å². The molecule has 6 heteroatoms. The zero-order chi connectivity index (χ0) is 13.0. The third kappa shape index (κ3) is 2.81. The van der Waals surface area contributed by atoms with Gasteiger partial charge >= 0.3 is 0 Å². The molecule has 0 radical (unpaired) electrons. The molecule has 0 bridgehead atoms. The molecule has 2 aromatic rings. The molecule has 1 aromatic heterocycles. The first kappa shape index (κ1) is 12.9. The fraction of sp³-hybridized carbons (Fsp3) is 0.333. The Balaban J connectivity index is 2.04. The maximum atomic E-state index is 5.19. The van der Waals surface area contributed by atoms with Crippen molar-refractivity contribution in [3.63, 3.8) is 0 Å². The van der Waals surface area contributed by atoms with Crippen molar-refractivity contribution in [3.05, 3.63) is 34.8 Å². The molecule has 0 atom stereocenters. The van der Waals surface area contributed by atoms with Crippen molar-refractivity contribution in [2.24, 2.45) is 0 Å². The van der Waals surface area contributed by atoms with E-state index in [1.165, 1.54) is 0 Å². The summed E-state index contributed by atoms with van der Waals surface area (Å²) in [4.78, 5) is 4.21. The van der Waals surface area contributed by atoms with Crippen molar-refractivity contribution < 1.29 is 4.74 Å². The summed E-state index contributed by atoms with van der Waals surface area (Å²) in [5, 5.41) is 7.43. The van der Waals surface area contributed by atoms with Crippen LogP contribution in [0.5, 0.6) is 5.75 Å². The molecule has 5 nitrogen and oxygen atoms in total. The molecule has 0 unspecified atom stereocenters. The van der Waals surface area contributed by atoms with Crippen LogP contribution in [-0.2, 0) is 13.1 Å². The first-order valence-electron chi connectivity index (χ1n) is 5.68. The maximum absolute atomic E-state index is 5.19. The lowest BCUT2D eigenvalue weighted by atomic mass is 10.3. The van der Waals surface area contributed by atoms with Gasteiger partial charge in [-0.1, -0.05) is 0 Å². The molecule has 0 aliphatic heterocycles. The summed E-state index contributed by atoms with van der Waals surface area (Å²) in [6.07, 6.45) is 1.57. The van der Waals surface area contributed by atoms with E-state index in [0.717, 1.165) is 28.3 Å². The van der Waals surface area contributed by atoms with Crippen LogP contribution in [-0.4, -0.2) is 21.9 Å². The van der Waals surface area contributed by atoms with E-state index in [0.29, 0.717) is 6.54 Å². The Morgan fingerprint density at radius 1 is 1.44 bits per heavy atom. The molecule has 0 aliphatic carbocycles. The first-order chi connectivity index (χ1) is 8.74. The van der Waals surface area contributed by atoms with Gasteiger partial charge in [0.15, 0.2) is 0 Å². The van der Waals surface area contributed by atoms with Crippen LogP contribution in [0.4, 0.5) is 5.69 Å². The number of aromatic nitrogens is 3. The fourth-order valence-electron chi connectivity index (χ4n) is 1.65. The highest BCUT2D eigenvalue weighted by molar-refractivity contribution is 9.10. The quantitative estimate of drug-likeness (QED) is 0.922. The van der Waals surface area contributed by atoms with E-state index < -0.39 is 0 Å². The van der Waals surface area contributed by atoms with Gasteiger partial charge in [0.1, 0.15) is 17.9 Å². The predicted octanol–water partition coefficient (Wildman–Crippen LogP) is 2.68. The minimum atomic E-state index is 0.645. The molecular weight excluding hydrogens is 296 g/mol. The Morgan fingerprint density at radius 2 is 2.28 bits per heavy atom. The van der Waals surface area contributed by atoms with Crippen molar-refractivity contribution in [2.45, 2.75) is 20.0 Å². The molecule has 0 saturated carbocycles. The van der Waals surface area contributed by atoms with Crippen molar-refractivity contribution in [1.29, 1.82) is 0 Å². The van der Waals surface area contributed by atoms with Crippen molar-refractivity contribution in [1.82, 2.24) is 14.8 Å². The largest absolute Gasteiger partial charge is 0.496 e. The number of nitrogens with zero attached hydrogens (tertiary/aromatic N) is 3. The van der Waals surface area contributed by atoms with Gasteiger partial charge in [-0.25, -0.2) is 9.67 Å². The topological polar surface area (TPSA) is 52.0 Å². The monoisotopic (exact) mass is 310 g/mol. The zero-order valence-electron chi connectivity index (χ0n) is 10.4. The molecule has 0 spiro atoms. The molecule has 0 aliphatic rings. The van der Waals surface area contributed by atoms with E-state index in [-0.39, 0.29) is 0 Å². The standard InChI is InChI=1S/C12H15BrN4O/c1-3-17-12(15-8-16-17)7-14-9-4-5-11(18-2)10(13)6-9/h4-6,8,14H,3,7H2,1-2H3. The third-order valence-corrected chi connectivity index (χ3v) is 3.22. The molecule has 18 heavy (non-hydrogen) atoms. The van der Waals surface area contributed by atoms with E-state index in [9.17, 15) is 0 Å². The molecule has 0 fully saturated rings. The number of methoxy groups -OCH3 is 1. The zero-order valence-corrected chi connectivity index (χ0v) is 11.9. The molecule has 1 aromatic carbocycles. The van der Waals surface area contributed by atoms with Gasteiger partial charge in [0.05, 0.1) is 18.1 Å². The van der Waals surface area contributed by atoms with E-state index in [4.69, 9.17) is 4.74 Å². The third-order valence-electron chi connectivity index (χ3n) is 2.60. The minimum Gasteiger partial charge on any atom is -0.496 e. The van der Waals surface area contributed by atoms with E-state index >= 15 is 0 Å². The van der Waals surface area contributed by atoms with Gasteiger partial charge in [0.25, 0.3) is 0 Å². The van der Waals surface area contributed by atoms with Crippen LogP contribution in [0.3, 0.4) is 0 Å². The number of nitrogens with one attached hydrogen (secondary N) is 1. The Kier molecular flexibility index (Phi) is 4.19. The van der Waals surface area contributed by atoms with Gasteiger partial charge in [-0.05, 0) is 41.1 Å². The van der Waals surface area contributed by atoms with Gasteiger partial charge in [0, 0.05) is 12.2 Å². The summed E-state index contributed by atoms with van der Waals surface area (Å²) in [6.45, 7) is 3.51. The van der Waals surface area contributed by atoms with Gasteiger partial charge < -0.3 is 10.1 Å². The summed E-state index contributed by atoms with van der Waals surface area (Å²) in [6, 6.07) is 5.86. The second-order valence-corrected chi connectivity index (χ2v) is 4.55. The molecule has 1 heterocycles. The molecule has 0 saturated heterocycles. The average Bonchev–Trinajstić information content (AvgIpc) is 2.84. The van der Waals surface area contributed by atoms with E-state index in [1.54, 1.807) is 13.4 Å². The van der Waals surface area contributed by atoms with Gasteiger partial charge in [0.2, 0.25) is 0 Å². The van der Waals surface area contributed by atoms with Crippen molar-refractivity contribution >= 4 is 21.6 Å². The number of aryl methyl sites for hydroxylation is 1. The summed E-state index contributed by atoms with van der Waals surface area (Å²) >= 11 is 3.46. The SMILES string of the molecule is CCn1ncnc1CNc1ccc(OC)c(Br)c1. The lowest BCUT2D eigenvalue weighted by Crippen LogP contribution is -2.09. The molecule has 0 amide bonds. The summed E-state index contributed by atoms with van der Waals surface area (Å²) in [5.41, 5.74) is 1.01. The molecular formula is C12H15BrN4O. The van der Waals surface area contributed by atoms with Crippen LogP contribution in [0.25, 0.3) is 0 Å². The molecule has 96 valence electrons. The van der Waals surface area contributed by atoms with Crippen LogP contribution in [0, 0.1) is 0 Å². The average molecular weight is 311 g/mol. The smallest absolute Gasteiger partial charge is 0.146 e. The van der Waals surface area contributed by atoms with E-state index in [2.05, 4.69) is 31.3 Å². The highest BCUT2D eigenvalue weighted by Gasteiger charge is 2.04. The molecule has 2 rings (SSSR count). The second-order valence-electron chi connectivity index (χ2n) is 3.69. The molecule has 1 N–H and O–H groups in total. The number of anilines is 1. The Hall–Kier alpha value is -1.56. The Labute approximate surface area is 114 Å². The summed E-state index contributed by atoms with van der Waals surface area (Å²) < 4.78 is 7.98. The lowest BCUT2D eigenvalue weighted by Gasteiger charge is -2.09. The normalized spacial score (nSPS) is 10.4. The predicted molar refractivity (Wildman–Crippen MR) is 73.7 cm³/mol. The van der Waals surface area contributed by atoms with Gasteiger partial charge in [-0.15, -0.1) is 0 Å². The van der Waals surface area contributed by atoms with Crippen molar-refractivity contribution in [3.8, 4) is 5.75 Å². The number of ether oxygens (including phenoxy) is 1. The maximum Gasteiger partial charge on any atom is 0.146 e. The number of hydrogen-bond donors (Lipinski definition) is 1. The second kappa shape index (κ2) is 5.86. The number of rotatable bonds is 5. The fourth-order valence-corrected chi connectivity index (χ4v) is 2.19. The number of halogens is 1. The van der Waals surface area contributed by atoms with Crippen LogP contribution < -0.4 is 10.1 Å². The number of benzene rings is 1. The summed E-state index contributed by atoms with van der Waals surface area (Å²) in [5.74, 6) is 1.74. The summed E-state index contributed by atoms with van der Waals surface area (Å²) in [7, 11) is 1.65. The Morgan fingerprint density at radius 3 is 2.94 bits per heavy atom. The van der Waals surface area contributed by atoms with Gasteiger partial charge in [-0.2, -0.15) is 5.10 Å². The van der Waals surface area contributed by atoms with Crippen LogP contribution >= 0.6 is 15.9 Å². The highest BCUT2D eigenvalue weighted by atomic mass is 79.9. The highest BCUT2D eigenvalue weighted by Crippen LogP contribution is 2.27. The van der Waals surface area contributed by atoms with E-state index in [1.807, 2.05) is 29.8 Å². The Bertz CT molecular complexity index is 527. The number of hydrogen-bond acceptors (Lipinski definition) is 4. The van der Waals surface area contributed by atoms with Crippen LogP contribution in [0.2, 0.25) is 0 Å². The lowest BCUT2D eigenvalue weighted by molar-refractivity contribution is 0.412. The first-order valence-corrected chi connectivity index (χ1v) is 6.48.